The van der Waals surface area contributed by atoms with E-state index in [2.05, 4.69) is 10.3 Å². The highest BCUT2D eigenvalue weighted by molar-refractivity contribution is 6.04. The molecule has 5 nitrogen and oxygen atoms in total. The van der Waals surface area contributed by atoms with E-state index in [1.807, 2.05) is 6.07 Å². The standard InChI is InChI=1S/C14H11N3O2/c1-19-13-7-10(8-15)4-5-12(13)17-14(18)11-3-2-6-16-9-11/h2-7,9H,1H3,(H,17,18). The van der Waals surface area contributed by atoms with Crippen LogP contribution in [0.25, 0.3) is 0 Å². The second-order valence-electron chi connectivity index (χ2n) is 3.72. The zero-order chi connectivity index (χ0) is 13.7. The average molecular weight is 253 g/mol. The Balaban J connectivity index is 2.24. The minimum absolute atomic E-state index is 0.281. The Morgan fingerprint density at radius 3 is 2.89 bits per heavy atom. The van der Waals surface area contributed by atoms with Crippen molar-refractivity contribution in [1.82, 2.24) is 4.98 Å². The van der Waals surface area contributed by atoms with E-state index in [9.17, 15) is 4.79 Å². The van der Waals surface area contributed by atoms with Gasteiger partial charge in [0.1, 0.15) is 5.75 Å². The van der Waals surface area contributed by atoms with E-state index < -0.39 is 0 Å². The summed E-state index contributed by atoms with van der Waals surface area (Å²) in [4.78, 5) is 15.8. The highest BCUT2D eigenvalue weighted by atomic mass is 16.5. The molecule has 0 radical (unpaired) electrons. The molecular formula is C14H11N3O2. The quantitative estimate of drug-likeness (QED) is 0.910. The normalized spacial score (nSPS) is 9.47. The molecule has 0 aliphatic carbocycles. The minimum atomic E-state index is -0.281. The number of carbonyl (C=O) groups excluding carboxylic acids is 1. The molecule has 0 aliphatic heterocycles. The molecule has 0 unspecified atom stereocenters. The molecule has 0 atom stereocenters. The Hall–Kier alpha value is -2.87. The fraction of sp³-hybridized carbons (Fsp3) is 0.0714. The first kappa shape index (κ1) is 12.6. The van der Waals surface area contributed by atoms with Crippen molar-refractivity contribution in [2.45, 2.75) is 0 Å². The summed E-state index contributed by atoms with van der Waals surface area (Å²) in [7, 11) is 1.48. The molecule has 94 valence electrons. The van der Waals surface area contributed by atoms with Crippen molar-refractivity contribution < 1.29 is 9.53 Å². The van der Waals surface area contributed by atoms with E-state index in [-0.39, 0.29) is 5.91 Å². The van der Waals surface area contributed by atoms with Crippen molar-refractivity contribution in [3.8, 4) is 11.8 Å². The van der Waals surface area contributed by atoms with Crippen LogP contribution in [0.15, 0.2) is 42.7 Å². The van der Waals surface area contributed by atoms with E-state index in [4.69, 9.17) is 10.00 Å². The number of hydrogen-bond donors (Lipinski definition) is 1. The first-order chi connectivity index (χ1) is 9.24. The maximum absolute atomic E-state index is 12.0. The Kier molecular flexibility index (Phi) is 3.74. The van der Waals surface area contributed by atoms with Crippen molar-refractivity contribution >= 4 is 11.6 Å². The van der Waals surface area contributed by atoms with Crippen LogP contribution in [0.5, 0.6) is 5.75 Å². The molecule has 2 aromatic rings. The number of amides is 1. The zero-order valence-electron chi connectivity index (χ0n) is 10.3. The van der Waals surface area contributed by atoms with Gasteiger partial charge in [-0.05, 0) is 24.3 Å². The summed E-state index contributed by atoms with van der Waals surface area (Å²) in [5.74, 6) is 0.160. The number of carbonyl (C=O) groups is 1. The molecule has 0 fully saturated rings. The van der Waals surface area contributed by atoms with E-state index in [0.29, 0.717) is 22.6 Å². The third-order valence-electron chi connectivity index (χ3n) is 2.50. The number of nitrogens with one attached hydrogen (secondary N) is 1. The molecule has 1 aromatic carbocycles. The van der Waals surface area contributed by atoms with Gasteiger partial charge in [0.15, 0.2) is 0 Å². The predicted octanol–water partition coefficient (Wildman–Crippen LogP) is 2.21. The van der Waals surface area contributed by atoms with Crippen molar-refractivity contribution in [2.75, 3.05) is 12.4 Å². The van der Waals surface area contributed by atoms with Gasteiger partial charge in [-0.1, -0.05) is 0 Å². The monoisotopic (exact) mass is 253 g/mol. The number of hydrogen-bond acceptors (Lipinski definition) is 4. The topological polar surface area (TPSA) is 75.0 Å². The fourth-order valence-electron chi connectivity index (χ4n) is 1.56. The number of methoxy groups -OCH3 is 1. The summed E-state index contributed by atoms with van der Waals surface area (Å²) >= 11 is 0. The van der Waals surface area contributed by atoms with Gasteiger partial charge in [0, 0.05) is 18.5 Å². The summed E-state index contributed by atoms with van der Waals surface area (Å²) in [5.41, 5.74) is 1.43. The van der Waals surface area contributed by atoms with Crippen LogP contribution in [0, 0.1) is 11.3 Å². The summed E-state index contributed by atoms with van der Waals surface area (Å²) < 4.78 is 5.14. The van der Waals surface area contributed by atoms with Crippen LogP contribution >= 0.6 is 0 Å². The highest BCUT2D eigenvalue weighted by Gasteiger charge is 2.10. The van der Waals surface area contributed by atoms with Crippen LogP contribution in [0.1, 0.15) is 15.9 Å². The lowest BCUT2D eigenvalue weighted by molar-refractivity contribution is 0.102. The van der Waals surface area contributed by atoms with Gasteiger partial charge in [0.25, 0.3) is 5.91 Å². The molecule has 0 bridgehead atoms. The molecular weight excluding hydrogens is 242 g/mol. The number of ether oxygens (including phenoxy) is 1. The summed E-state index contributed by atoms with van der Waals surface area (Å²) in [6.07, 6.45) is 3.07. The zero-order valence-corrected chi connectivity index (χ0v) is 10.3. The van der Waals surface area contributed by atoms with Crippen LogP contribution in [0.4, 0.5) is 5.69 Å². The van der Waals surface area contributed by atoms with E-state index in [0.717, 1.165) is 0 Å². The van der Waals surface area contributed by atoms with Gasteiger partial charge in [-0.2, -0.15) is 5.26 Å². The van der Waals surface area contributed by atoms with Crippen LogP contribution in [-0.4, -0.2) is 18.0 Å². The lowest BCUT2D eigenvalue weighted by atomic mass is 10.2. The minimum Gasteiger partial charge on any atom is -0.495 e. The number of benzene rings is 1. The SMILES string of the molecule is COc1cc(C#N)ccc1NC(=O)c1cccnc1. The molecule has 1 heterocycles. The predicted molar refractivity (Wildman–Crippen MR) is 69.9 cm³/mol. The number of rotatable bonds is 3. The van der Waals surface area contributed by atoms with Gasteiger partial charge in [-0.25, -0.2) is 0 Å². The third-order valence-corrected chi connectivity index (χ3v) is 2.50. The van der Waals surface area contributed by atoms with Crippen LogP contribution in [0.3, 0.4) is 0 Å². The van der Waals surface area contributed by atoms with Crippen molar-refractivity contribution in [1.29, 1.82) is 5.26 Å². The van der Waals surface area contributed by atoms with Crippen molar-refractivity contribution in [3.63, 3.8) is 0 Å². The third kappa shape index (κ3) is 2.87. The number of nitrogens with zero attached hydrogens (tertiary/aromatic N) is 2. The fourth-order valence-corrected chi connectivity index (χ4v) is 1.56. The first-order valence-electron chi connectivity index (χ1n) is 5.54. The molecule has 1 amide bonds. The molecule has 1 aromatic heterocycles. The molecule has 0 aliphatic rings. The number of anilines is 1. The molecule has 19 heavy (non-hydrogen) atoms. The van der Waals surface area contributed by atoms with Crippen molar-refractivity contribution in [2.24, 2.45) is 0 Å². The number of aromatic nitrogens is 1. The van der Waals surface area contributed by atoms with Crippen LogP contribution in [0.2, 0.25) is 0 Å². The molecule has 0 saturated heterocycles. The lowest BCUT2D eigenvalue weighted by Crippen LogP contribution is -2.12. The average Bonchev–Trinajstić information content (AvgIpc) is 2.48. The molecule has 1 N–H and O–H groups in total. The molecule has 5 heteroatoms. The molecule has 0 saturated carbocycles. The Morgan fingerprint density at radius 2 is 2.26 bits per heavy atom. The number of pyridine rings is 1. The second-order valence-corrected chi connectivity index (χ2v) is 3.72. The Labute approximate surface area is 110 Å². The van der Waals surface area contributed by atoms with Gasteiger partial charge in [-0.3, -0.25) is 9.78 Å². The second kappa shape index (κ2) is 5.65. The van der Waals surface area contributed by atoms with Gasteiger partial charge < -0.3 is 10.1 Å². The Morgan fingerprint density at radius 1 is 1.42 bits per heavy atom. The van der Waals surface area contributed by atoms with E-state index in [1.54, 1.807) is 36.5 Å². The first-order valence-corrected chi connectivity index (χ1v) is 5.54. The summed E-state index contributed by atoms with van der Waals surface area (Å²) in [6.45, 7) is 0. The van der Waals surface area contributed by atoms with Gasteiger partial charge in [-0.15, -0.1) is 0 Å². The summed E-state index contributed by atoms with van der Waals surface area (Å²) in [5, 5.41) is 11.5. The summed E-state index contributed by atoms with van der Waals surface area (Å²) in [6, 6.07) is 10.2. The lowest BCUT2D eigenvalue weighted by Gasteiger charge is -2.10. The molecule has 2 rings (SSSR count). The van der Waals surface area contributed by atoms with Gasteiger partial charge in [0.2, 0.25) is 0 Å². The largest absolute Gasteiger partial charge is 0.495 e. The van der Waals surface area contributed by atoms with Gasteiger partial charge in [0.05, 0.1) is 30.0 Å². The van der Waals surface area contributed by atoms with Crippen molar-refractivity contribution in [3.05, 3.63) is 53.9 Å². The maximum Gasteiger partial charge on any atom is 0.257 e. The molecule has 0 spiro atoms. The maximum atomic E-state index is 12.0. The smallest absolute Gasteiger partial charge is 0.257 e. The van der Waals surface area contributed by atoms with E-state index in [1.165, 1.54) is 13.3 Å². The number of nitriles is 1. The van der Waals surface area contributed by atoms with Crippen LogP contribution in [-0.2, 0) is 0 Å². The van der Waals surface area contributed by atoms with Gasteiger partial charge >= 0.3 is 0 Å². The highest BCUT2D eigenvalue weighted by Crippen LogP contribution is 2.25. The Bertz CT molecular complexity index is 633. The van der Waals surface area contributed by atoms with Crippen LogP contribution < -0.4 is 10.1 Å². The van der Waals surface area contributed by atoms with E-state index >= 15 is 0 Å².